The van der Waals surface area contributed by atoms with Crippen LogP contribution >= 0.6 is 11.8 Å². The van der Waals surface area contributed by atoms with Crippen LogP contribution in [-0.2, 0) is 22.0 Å². The summed E-state index contributed by atoms with van der Waals surface area (Å²) in [5.74, 6) is 2.64. The van der Waals surface area contributed by atoms with E-state index in [1.54, 1.807) is 7.11 Å². The number of hydrogen-bond donors (Lipinski definition) is 2. The molecule has 31 heavy (non-hydrogen) atoms. The first kappa shape index (κ1) is 21.3. The Hall–Kier alpha value is -2.93. The van der Waals surface area contributed by atoms with Crippen LogP contribution in [0.2, 0.25) is 0 Å². The number of nitrogens with two attached hydrogens (primary N) is 1. The number of nitrogens with one attached hydrogen (secondary N) is 1. The lowest BCUT2D eigenvalue weighted by Gasteiger charge is -2.10. The van der Waals surface area contributed by atoms with E-state index in [9.17, 15) is 8.42 Å². The number of hydrogen-bond acceptors (Lipinski definition) is 12. The number of sulfone groups is 1. The molecule has 1 saturated heterocycles. The molecule has 1 aliphatic rings. The number of methoxy groups -OCH3 is 1. The van der Waals surface area contributed by atoms with E-state index in [0.717, 1.165) is 0 Å². The van der Waals surface area contributed by atoms with Gasteiger partial charge in [-0.05, 0) is 24.5 Å². The van der Waals surface area contributed by atoms with E-state index >= 15 is 0 Å². The predicted molar refractivity (Wildman–Crippen MR) is 115 cm³/mol. The lowest BCUT2D eigenvalue weighted by molar-refractivity contribution is 0.389. The second-order valence-electron chi connectivity index (χ2n) is 6.98. The van der Waals surface area contributed by atoms with Crippen LogP contribution in [0.3, 0.4) is 0 Å². The van der Waals surface area contributed by atoms with Crippen LogP contribution in [0.5, 0.6) is 5.75 Å². The Labute approximate surface area is 183 Å². The lowest BCUT2D eigenvalue weighted by Crippen LogP contribution is -2.07. The van der Waals surface area contributed by atoms with Gasteiger partial charge in [-0.3, -0.25) is 0 Å². The Morgan fingerprint density at radius 1 is 1.26 bits per heavy atom. The maximum Gasteiger partial charge on any atom is 0.277 e. The molecule has 1 aromatic carbocycles. The molecule has 1 atom stereocenters. The fraction of sp³-hybridized carbons (Fsp3) is 0.389. The van der Waals surface area contributed by atoms with Gasteiger partial charge in [-0.15, -0.1) is 10.2 Å². The molecule has 3 aromatic rings. The van der Waals surface area contributed by atoms with Gasteiger partial charge >= 0.3 is 0 Å². The van der Waals surface area contributed by atoms with Crippen molar-refractivity contribution in [1.29, 1.82) is 0 Å². The van der Waals surface area contributed by atoms with Crippen LogP contribution in [0.1, 0.15) is 18.1 Å². The minimum absolute atomic E-state index is 0.0234. The standard InChI is InChI=1S/C18H21N7O4S2/c1-28-13-5-3-2-4-12(13)20-17-22-14(21-16(19)23-17)9-30-18-25-24-15(29-18)8-11-6-7-31(26,27)10-11/h2-5,11H,6-10H2,1H3,(H3,19,20,21,22,23). The van der Waals surface area contributed by atoms with Crippen LogP contribution in [0.4, 0.5) is 17.6 Å². The summed E-state index contributed by atoms with van der Waals surface area (Å²) in [7, 11) is -1.36. The van der Waals surface area contributed by atoms with Crippen molar-refractivity contribution in [3.05, 3.63) is 36.0 Å². The fourth-order valence-corrected chi connectivity index (χ4v) is 5.71. The zero-order chi connectivity index (χ0) is 21.8. The molecule has 3 heterocycles. The average molecular weight is 464 g/mol. The van der Waals surface area contributed by atoms with Crippen LogP contribution in [0.15, 0.2) is 33.9 Å². The minimum atomic E-state index is -2.93. The quantitative estimate of drug-likeness (QED) is 0.467. The van der Waals surface area contributed by atoms with Crippen LogP contribution < -0.4 is 15.8 Å². The number of nitrogens with zero attached hydrogens (tertiary/aromatic N) is 5. The summed E-state index contributed by atoms with van der Waals surface area (Å²) in [6.45, 7) is 0. The third-order valence-corrected chi connectivity index (χ3v) is 7.27. The Morgan fingerprint density at radius 2 is 2.10 bits per heavy atom. The molecule has 0 spiro atoms. The first-order valence-electron chi connectivity index (χ1n) is 9.46. The molecule has 1 fully saturated rings. The second kappa shape index (κ2) is 9.06. The molecule has 164 valence electrons. The molecule has 0 saturated carbocycles. The summed E-state index contributed by atoms with van der Waals surface area (Å²) in [6, 6.07) is 7.37. The third-order valence-electron chi connectivity index (χ3n) is 4.62. The first-order valence-corrected chi connectivity index (χ1v) is 12.3. The Kier molecular flexibility index (Phi) is 6.23. The zero-order valence-corrected chi connectivity index (χ0v) is 18.3. The van der Waals surface area contributed by atoms with Gasteiger partial charge in [0.15, 0.2) is 9.84 Å². The molecule has 1 aliphatic heterocycles. The van der Waals surface area contributed by atoms with Crippen LogP contribution in [-0.4, -0.2) is 52.2 Å². The maximum atomic E-state index is 11.6. The largest absolute Gasteiger partial charge is 0.495 e. The third kappa shape index (κ3) is 5.61. The molecule has 11 nitrogen and oxygen atoms in total. The normalized spacial score (nSPS) is 17.5. The number of rotatable bonds is 8. The smallest absolute Gasteiger partial charge is 0.277 e. The Bertz CT molecular complexity index is 1170. The highest BCUT2D eigenvalue weighted by molar-refractivity contribution is 7.98. The van der Waals surface area contributed by atoms with Crippen LogP contribution in [0, 0.1) is 5.92 Å². The monoisotopic (exact) mass is 463 g/mol. The maximum absolute atomic E-state index is 11.6. The molecule has 3 N–H and O–H groups in total. The van der Waals surface area contributed by atoms with Gasteiger partial charge in [0.25, 0.3) is 5.22 Å². The highest BCUT2D eigenvalue weighted by Crippen LogP contribution is 2.27. The number of thioether (sulfide) groups is 1. The molecule has 0 radical (unpaired) electrons. The molecule has 0 amide bonds. The SMILES string of the molecule is COc1ccccc1Nc1nc(N)nc(CSc2nnc(CC3CCS(=O)(=O)C3)o2)n1. The summed E-state index contributed by atoms with van der Waals surface area (Å²) in [6.07, 6.45) is 1.08. The van der Waals surface area contributed by atoms with E-state index < -0.39 is 9.84 Å². The van der Waals surface area contributed by atoms with Gasteiger partial charge in [0, 0.05) is 6.42 Å². The van der Waals surface area contributed by atoms with Crippen molar-refractivity contribution in [2.24, 2.45) is 5.92 Å². The topological polar surface area (TPSA) is 159 Å². The van der Waals surface area contributed by atoms with Crippen molar-refractivity contribution < 1.29 is 17.6 Å². The minimum Gasteiger partial charge on any atom is -0.495 e. The number of aromatic nitrogens is 5. The molecular weight excluding hydrogens is 442 g/mol. The molecular formula is C18H21N7O4S2. The molecule has 0 bridgehead atoms. The van der Waals surface area contributed by atoms with E-state index in [1.807, 2.05) is 24.3 Å². The molecule has 13 heteroatoms. The molecule has 0 aliphatic carbocycles. The van der Waals surface area contributed by atoms with E-state index in [0.29, 0.717) is 52.9 Å². The van der Waals surface area contributed by atoms with Crippen molar-refractivity contribution in [2.75, 3.05) is 29.7 Å². The van der Waals surface area contributed by atoms with Crippen molar-refractivity contribution >= 4 is 39.2 Å². The average Bonchev–Trinajstić information content (AvgIpc) is 3.32. The van der Waals surface area contributed by atoms with Gasteiger partial charge in [0.1, 0.15) is 11.6 Å². The highest BCUT2D eigenvalue weighted by Gasteiger charge is 2.29. The number of nitrogen functional groups attached to an aromatic ring is 1. The summed E-state index contributed by atoms with van der Waals surface area (Å²) in [4.78, 5) is 12.6. The van der Waals surface area contributed by atoms with Gasteiger partial charge in [-0.2, -0.15) is 15.0 Å². The van der Waals surface area contributed by atoms with E-state index in [1.165, 1.54) is 11.8 Å². The predicted octanol–water partition coefficient (Wildman–Crippen LogP) is 1.86. The summed E-state index contributed by atoms with van der Waals surface area (Å²) >= 11 is 1.26. The Morgan fingerprint density at radius 3 is 2.87 bits per heavy atom. The highest BCUT2D eigenvalue weighted by atomic mass is 32.2. The summed E-state index contributed by atoms with van der Waals surface area (Å²) in [5.41, 5.74) is 6.53. The lowest BCUT2D eigenvalue weighted by atomic mass is 10.1. The van der Waals surface area contributed by atoms with Gasteiger partial charge < -0.3 is 20.2 Å². The van der Waals surface area contributed by atoms with E-state index in [4.69, 9.17) is 14.9 Å². The van der Waals surface area contributed by atoms with Gasteiger partial charge in [0.2, 0.25) is 17.8 Å². The van der Waals surface area contributed by atoms with Crippen molar-refractivity contribution in [2.45, 2.75) is 23.8 Å². The van der Waals surface area contributed by atoms with Crippen molar-refractivity contribution in [1.82, 2.24) is 25.1 Å². The Balaban J connectivity index is 1.38. The zero-order valence-electron chi connectivity index (χ0n) is 16.7. The van der Waals surface area contributed by atoms with E-state index in [2.05, 4.69) is 30.5 Å². The van der Waals surface area contributed by atoms with Crippen molar-refractivity contribution in [3.8, 4) is 5.75 Å². The fourth-order valence-electron chi connectivity index (χ4n) is 3.21. The molecule has 4 rings (SSSR count). The van der Waals surface area contributed by atoms with Gasteiger partial charge in [-0.25, -0.2) is 8.42 Å². The summed E-state index contributed by atoms with van der Waals surface area (Å²) in [5, 5.41) is 11.5. The molecule has 2 aromatic heterocycles. The number of ether oxygens (including phenoxy) is 1. The number of anilines is 3. The van der Waals surface area contributed by atoms with E-state index in [-0.39, 0.29) is 23.4 Å². The summed E-state index contributed by atoms with van der Waals surface area (Å²) < 4.78 is 34.1. The van der Waals surface area contributed by atoms with Gasteiger partial charge in [0.05, 0.1) is 30.1 Å². The number of para-hydroxylation sites is 2. The first-order chi connectivity index (χ1) is 14.9. The van der Waals surface area contributed by atoms with Gasteiger partial charge in [-0.1, -0.05) is 23.9 Å². The molecule has 1 unspecified atom stereocenters. The number of benzene rings is 1. The second-order valence-corrected chi connectivity index (χ2v) is 10.1. The van der Waals surface area contributed by atoms with Crippen molar-refractivity contribution in [3.63, 3.8) is 0 Å². The van der Waals surface area contributed by atoms with Crippen LogP contribution in [0.25, 0.3) is 0 Å².